The molecule has 5 heteroatoms. The number of nitrogens with one attached hydrogen (secondary N) is 1. The van der Waals surface area contributed by atoms with Crippen molar-refractivity contribution in [1.29, 1.82) is 0 Å². The van der Waals surface area contributed by atoms with E-state index in [1.165, 1.54) is 0 Å². The zero-order valence-corrected chi connectivity index (χ0v) is 15.6. The zero-order valence-electron chi connectivity index (χ0n) is 14.9. The van der Waals surface area contributed by atoms with E-state index in [9.17, 15) is 9.59 Å². The molecule has 3 rings (SSSR count). The number of carbonyl (C=O) groups excluding carboxylic acids is 1. The Labute approximate surface area is 157 Å². The van der Waals surface area contributed by atoms with Gasteiger partial charge < -0.3 is 9.88 Å². The van der Waals surface area contributed by atoms with E-state index >= 15 is 0 Å². The average molecular weight is 369 g/mol. The van der Waals surface area contributed by atoms with Gasteiger partial charge in [-0.25, -0.2) is 0 Å². The highest BCUT2D eigenvalue weighted by Crippen LogP contribution is 2.19. The molecule has 0 unspecified atom stereocenters. The predicted molar refractivity (Wildman–Crippen MR) is 105 cm³/mol. The van der Waals surface area contributed by atoms with Crippen LogP contribution in [0.25, 0.3) is 10.9 Å². The monoisotopic (exact) mass is 368 g/mol. The fourth-order valence-electron chi connectivity index (χ4n) is 2.97. The lowest BCUT2D eigenvalue weighted by Crippen LogP contribution is -2.32. The number of nitrogens with zero attached hydrogens (tertiary/aromatic N) is 1. The van der Waals surface area contributed by atoms with Crippen molar-refractivity contribution in [3.05, 3.63) is 80.6 Å². The van der Waals surface area contributed by atoms with Crippen LogP contribution >= 0.6 is 11.6 Å². The summed E-state index contributed by atoms with van der Waals surface area (Å²) in [6, 6.07) is 15.2. The molecule has 1 amide bonds. The number of aromatic nitrogens is 1. The molecule has 26 heavy (non-hydrogen) atoms. The van der Waals surface area contributed by atoms with Gasteiger partial charge in [0.25, 0.3) is 5.56 Å². The molecule has 3 aromatic rings. The second-order valence-corrected chi connectivity index (χ2v) is 6.82. The predicted octanol–water partition coefficient (Wildman–Crippen LogP) is 4.43. The first-order valence-corrected chi connectivity index (χ1v) is 8.99. The smallest absolute Gasteiger partial charge is 0.253 e. The van der Waals surface area contributed by atoms with Crippen LogP contribution in [0.3, 0.4) is 0 Å². The number of carbonyl (C=O) groups is 1. The van der Waals surface area contributed by atoms with Crippen LogP contribution in [0, 0.1) is 6.92 Å². The fourth-order valence-corrected chi connectivity index (χ4v) is 3.17. The van der Waals surface area contributed by atoms with Gasteiger partial charge in [0, 0.05) is 29.1 Å². The lowest BCUT2D eigenvalue weighted by molar-refractivity contribution is -0.132. The van der Waals surface area contributed by atoms with Crippen molar-refractivity contribution in [2.75, 3.05) is 0 Å². The molecule has 0 aliphatic heterocycles. The SMILES string of the molecule is CCC(=O)N(Cc1ccccc1Cl)Cc1cc2ccc(C)cc2[nH]c1=O. The van der Waals surface area contributed by atoms with Gasteiger partial charge in [-0.1, -0.05) is 48.9 Å². The molecule has 0 fully saturated rings. The molecule has 1 heterocycles. The summed E-state index contributed by atoms with van der Waals surface area (Å²) >= 11 is 6.24. The highest BCUT2D eigenvalue weighted by atomic mass is 35.5. The van der Waals surface area contributed by atoms with Gasteiger partial charge in [-0.15, -0.1) is 0 Å². The number of aryl methyl sites for hydroxylation is 1. The number of rotatable bonds is 5. The molecule has 0 saturated heterocycles. The summed E-state index contributed by atoms with van der Waals surface area (Å²) in [5, 5.41) is 1.57. The van der Waals surface area contributed by atoms with E-state index in [-0.39, 0.29) is 18.0 Å². The third kappa shape index (κ3) is 3.97. The molecule has 0 saturated carbocycles. The van der Waals surface area contributed by atoms with Crippen LogP contribution < -0.4 is 5.56 Å². The Morgan fingerprint density at radius 2 is 1.81 bits per heavy atom. The largest absolute Gasteiger partial charge is 0.334 e. The summed E-state index contributed by atoms with van der Waals surface area (Å²) in [7, 11) is 0. The first-order chi connectivity index (χ1) is 12.5. The second-order valence-electron chi connectivity index (χ2n) is 6.41. The second kappa shape index (κ2) is 7.75. The number of pyridine rings is 1. The van der Waals surface area contributed by atoms with Crippen LogP contribution in [-0.2, 0) is 17.9 Å². The van der Waals surface area contributed by atoms with Crippen molar-refractivity contribution in [2.24, 2.45) is 0 Å². The standard InChI is InChI=1S/C21H21ClN2O2/c1-3-20(25)24(12-16-6-4-5-7-18(16)22)13-17-11-15-9-8-14(2)10-19(15)23-21(17)26/h4-11H,3,12-13H2,1-2H3,(H,23,26). The molecule has 134 valence electrons. The molecule has 0 spiro atoms. The van der Waals surface area contributed by atoms with Crippen LogP contribution in [0.15, 0.2) is 53.3 Å². The molecule has 1 aromatic heterocycles. The molecular weight excluding hydrogens is 348 g/mol. The topological polar surface area (TPSA) is 53.2 Å². The summed E-state index contributed by atoms with van der Waals surface area (Å²) < 4.78 is 0. The van der Waals surface area contributed by atoms with Gasteiger partial charge >= 0.3 is 0 Å². The Kier molecular flexibility index (Phi) is 5.43. The molecule has 0 bridgehead atoms. The molecule has 4 nitrogen and oxygen atoms in total. The molecule has 1 N–H and O–H groups in total. The Balaban J connectivity index is 1.94. The minimum absolute atomic E-state index is 0.0201. The van der Waals surface area contributed by atoms with Crippen molar-refractivity contribution in [2.45, 2.75) is 33.4 Å². The molecule has 0 aliphatic rings. The summed E-state index contributed by atoms with van der Waals surface area (Å²) in [6.45, 7) is 4.42. The van der Waals surface area contributed by atoms with E-state index in [1.54, 1.807) is 11.0 Å². The summed E-state index contributed by atoms with van der Waals surface area (Å²) in [5.41, 5.74) is 3.15. The van der Waals surface area contributed by atoms with Crippen LogP contribution in [-0.4, -0.2) is 15.8 Å². The Morgan fingerprint density at radius 3 is 2.54 bits per heavy atom. The summed E-state index contributed by atoms with van der Waals surface area (Å²) in [4.78, 5) is 29.5. The number of H-pyrrole nitrogens is 1. The van der Waals surface area contributed by atoms with E-state index in [1.807, 2.05) is 56.3 Å². The lowest BCUT2D eigenvalue weighted by Gasteiger charge is -2.23. The van der Waals surface area contributed by atoms with E-state index in [2.05, 4.69) is 4.98 Å². The number of hydrogen-bond donors (Lipinski definition) is 1. The lowest BCUT2D eigenvalue weighted by atomic mass is 10.1. The Hall–Kier alpha value is -2.59. The van der Waals surface area contributed by atoms with Crippen molar-refractivity contribution in [3.63, 3.8) is 0 Å². The van der Waals surface area contributed by atoms with E-state index in [4.69, 9.17) is 11.6 Å². The van der Waals surface area contributed by atoms with E-state index in [0.29, 0.717) is 23.6 Å². The zero-order chi connectivity index (χ0) is 18.7. The first kappa shape index (κ1) is 18.2. The number of fused-ring (bicyclic) bond motifs is 1. The number of halogens is 1. The van der Waals surface area contributed by atoms with Gasteiger partial charge in [-0.05, 0) is 41.6 Å². The highest BCUT2D eigenvalue weighted by molar-refractivity contribution is 6.31. The van der Waals surface area contributed by atoms with Crippen LogP contribution in [0.2, 0.25) is 5.02 Å². The van der Waals surface area contributed by atoms with E-state index < -0.39 is 0 Å². The van der Waals surface area contributed by atoms with Gasteiger partial charge in [0.2, 0.25) is 5.91 Å². The van der Waals surface area contributed by atoms with E-state index in [0.717, 1.165) is 22.0 Å². The molecule has 0 radical (unpaired) electrons. The number of benzene rings is 2. The number of hydrogen-bond acceptors (Lipinski definition) is 2. The molecule has 0 aliphatic carbocycles. The third-order valence-electron chi connectivity index (χ3n) is 4.41. The Bertz CT molecular complexity index is 1010. The van der Waals surface area contributed by atoms with Crippen molar-refractivity contribution >= 4 is 28.4 Å². The quantitative estimate of drug-likeness (QED) is 0.724. The summed E-state index contributed by atoms with van der Waals surface area (Å²) in [5.74, 6) is -0.0201. The van der Waals surface area contributed by atoms with Crippen LogP contribution in [0.5, 0.6) is 0 Å². The maximum absolute atomic E-state index is 12.5. The first-order valence-electron chi connectivity index (χ1n) is 8.61. The maximum atomic E-state index is 12.5. The van der Waals surface area contributed by atoms with Gasteiger partial charge in [-0.3, -0.25) is 9.59 Å². The van der Waals surface area contributed by atoms with Crippen molar-refractivity contribution in [1.82, 2.24) is 9.88 Å². The van der Waals surface area contributed by atoms with Crippen molar-refractivity contribution in [3.8, 4) is 0 Å². The number of amides is 1. The normalized spacial score (nSPS) is 10.9. The van der Waals surface area contributed by atoms with Crippen LogP contribution in [0.1, 0.15) is 30.0 Å². The van der Waals surface area contributed by atoms with Gasteiger partial charge in [0.05, 0.1) is 6.54 Å². The molecule has 2 aromatic carbocycles. The minimum atomic E-state index is -0.170. The third-order valence-corrected chi connectivity index (χ3v) is 4.78. The average Bonchev–Trinajstić information content (AvgIpc) is 2.62. The molecule has 0 atom stereocenters. The van der Waals surface area contributed by atoms with Gasteiger partial charge in [0.15, 0.2) is 0 Å². The van der Waals surface area contributed by atoms with Crippen molar-refractivity contribution < 1.29 is 4.79 Å². The van der Waals surface area contributed by atoms with Gasteiger partial charge in [-0.2, -0.15) is 0 Å². The molecular formula is C21H21ClN2O2. The van der Waals surface area contributed by atoms with Crippen LogP contribution in [0.4, 0.5) is 0 Å². The summed E-state index contributed by atoms with van der Waals surface area (Å²) in [6.07, 6.45) is 0.370. The number of aromatic amines is 1. The highest BCUT2D eigenvalue weighted by Gasteiger charge is 2.16. The Morgan fingerprint density at radius 1 is 1.08 bits per heavy atom. The fraction of sp³-hybridized carbons (Fsp3) is 0.238. The van der Waals surface area contributed by atoms with Gasteiger partial charge in [0.1, 0.15) is 0 Å². The minimum Gasteiger partial charge on any atom is -0.334 e. The maximum Gasteiger partial charge on any atom is 0.253 e.